The Morgan fingerprint density at radius 2 is 2.17 bits per heavy atom. The van der Waals surface area contributed by atoms with Crippen molar-refractivity contribution < 1.29 is 23.3 Å². The molecule has 18 heavy (non-hydrogen) atoms. The summed E-state index contributed by atoms with van der Waals surface area (Å²) in [5.74, 6) is -0.582. The summed E-state index contributed by atoms with van der Waals surface area (Å²) in [6, 6.07) is 2.88. The van der Waals surface area contributed by atoms with Crippen LogP contribution in [0.5, 0.6) is 5.75 Å². The Morgan fingerprint density at radius 1 is 1.44 bits per heavy atom. The maximum absolute atomic E-state index is 12.0. The van der Waals surface area contributed by atoms with Gasteiger partial charge in [0.15, 0.2) is 5.75 Å². The van der Waals surface area contributed by atoms with Gasteiger partial charge in [0, 0.05) is 12.6 Å². The summed E-state index contributed by atoms with van der Waals surface area (Å²) in [6.45, 7) is 0.496. The molecule has 0 unspecified atom stereocenters. The number of rotatable bonds is 3. The van der Waals surface area contributed by atoms with E-state index in [1.54, 1.807) is 0 Å². The first-order valence-electron chi connectivity index (χ1n) is 5.06. The lowest BCUT2D eigenvalue weighted by Gasteiger charge is -2.13. The van der Waals surface area contributed by atoms with Crippen molar-refractivity contribution in [3.8, 4) is 5.75 Å². The van der Waals surface area contributed by atoms with Gasteiger partial charge in [-0.2, -0.15) is 0 Å². The Balaban J connectivity index is 2.45. The predicted octanol–water partition coefficient (Wildman–Crippen LogP) is 0.626. The summed E-state index contributed by atoms with van der Waals surface area (Å²) in [6.07, 6.45) is 0.569. The molecule has 1 N–H and O–H groups in total. The summed E-state index contributed by atoms with van der Waals surface area (Å²) in [4.78, 5) is 14.4. The molecule has 1 aliphatic rings. The molecule has 0 aromatic heterocycles. The molecule has 0 saturated carbocycles. The van der Waals surface area contributed by atoms with Crippen LogP contribution < -0.4 is 0 Å². The number of nitro groups is 1. The maximum atomic E-state index is 12.0. The number of hydrogen-bond acceptors (Lipinski definition) is 6. The zero-order valence-corrected chi connectivity index (χ0v) is 9.96. The Morgan fingerprint density at radius 3 is 2.72 bits per heavy atom. The fourth-order valence-electron chi connectivity index (χ4n) is 1.54. The standard InChI is InChI=1S/C9H10N2O6S/c12-9-3-2-7(6-8(9)11(13)14)18(15,16)10-4-1-5-17-10/h2-3,6,12H,1,4-5H2. The number of nitro benzene ring substituents is 1. The van der Waals surface area contributed by atoms with Gasteiger partial charge in [-0.15, -0.1) is 0 Å². The fourth-order valence-corrected chi connectivity index (χ4v) is 2.86. The number of sulfonamides is 1. The van der Waals surface area contributed by atoms with Crippen molar-refractivity contribution in [2.45, 2.75) is 11.3 Å². The molecular weight excluding hydrogens is 264 g/mol. The number of hydrogen-bond donors (Lipinski definition) is 1. The molecule has 1 heterocycles. The molecule has 0 bridgehead atoms. The summed E-state index contributed by atoms with van der Waals surface area (Å²) >= 11 is 0. The molecule has 0 amide bonds. The summed E-state index contributed by atoms with van der Waals surface area (Å²) in [5, 5.41) is 19.9. The van der Waals surface area contributed by atoms with Crippen LogP contribution in [0.1, 0.15) is 6.42 Å². The Bertz CT molecular complexity index is 579. The molecule has 0 spiro atoms. The van der Waals surface area contributed by atoms with E-state index in [-0.39, 0.29) is 11.4 Å². The third kappa shape index (κ3) is 2.15. The van der Waals surface area contributed by atoms with E-state index in [2.05, 4.69) is 0 Å². The van der Waals surface area contributed by atoms with Gasteiger partial charge >= 0.3 is 5.69 Å². The number of hydroxylamine groups is 1. The topological polar surface area (TPSA) is 110 Å². The Hall–Kier alpha value is -1.71. The number of benzene rings is 1. The van der Waals surface area contributed by atoms with Gasteiger partial charge < -0.3 is 5.11 Å². The molecule has 1 aliphatic heterocycles. The van der Waals surface area contributed by atoms with Gasteiger partial charge in [-0.25, -0.2) is 8.42 Å². The Labute approximate surface area is 103 Å². The van der Waals surface area contributed by atoms with E-state index in [4.69, 9.17) is 4.84 Å². The van der Waals surface area contributed by atoms with Crippen LogP contribution in [-0.2, 0) is 14.9 Å². The van der Waals surface area contributed by atoms with E-state index in [1.165, 1.54) is 0 Å². The minimum absolute atomic E-state index is 0.205. The molecule has 9 heteroatoms. The van der Waals surface area contributed by atoms with Crippen molar-refractivity contribution in [1.82, 2.24) is 4.47 Å². The normalized spacial score (nSPS) is 16.9. The van der Waals surface area contributed by atoms with Gasteiger partial charge in [-0.05, 0) is 18.6 Å². The molecule has 0 atom stereocenters. The van der Waals surface area contributed by atoms with Gasteiger partial charge in [-0.1, -0.05) is 4.47 Å². The van der Waals surface area contributed by atoms with Gasteiger partial charge in [0.2, 0.25) is 0 Å². The van der Waals surface area contributed by atoms with Gasteiger partial charge in [0.1, 0.15) is 0 Å². The number of nitrogens with zero attached hydrogens (tertiary/aromatic N) is 2. The molecule has 1 aromatic carbocycles. The largest absolute Gasteiger partial charge is 0.502 e. The molecule has 8 nitrogen and oxygen atoms in total. The second-order valence-corrected chi connectivity index (χ2v) is 5.45. The molecule has 0 aliphatic carbocycles. The van der Waals surface area contributed by atoms with Crippen molar-refractivity contribution in [1.29, 1.82) is 0 Å². The van der Waals surface area contributed by atoms with E-state index in [0.717, 1.165) is 22.7 Å². The van der Waals surface area contributed by atoms with Gasteiger partial charge in [-0.3, -0.25) is 15.0 Å². The highest BCUT2D eigenvalue weighted by molar-refractivity contribution is 7.89. The average molecular weight is 274 g/mol. The van der Waals surface area contributed by atoms with Crippen LogP contribution in [0.15, 0.2) is 23.1 Å². The molecule has 98 valence electrons. The van der Waals surface area contributed by atoms with Gasteiger partial charge in [0.05, 0.1) is 16.4 Å². The van der Waals surface area contributed by atoms with Crippen LogP contribution in [0.25, 0.3) is 0 Å². The second-order valence-electron chi connectivity index (χ2n) is 3.63. The number of phenolic OH excluding ortho intramolecular Hbond substituents is 1. The van der Waals surface area contributed by atoms with Crippen molar-refractivity contribution in [2.75, 3.05) is 13.2 Å². The first-order chi connectivity index (χ1) is 8.43. The van der Waals surface area contributed by atoms with Crippen molar-refractivity contribution >= 4 is 15.7 Å². The van der Waals surface area contributed by atoms with Crippen molar-refractivity contribution in [3.63, 3.8) is 0 Å². The number of aromatic hydroxyl groups is 1. The Kier molecular flexibility index (Phi) is 3.20. The van der Waals surface area contributed by atoms with Crippen LogP contribution in [0.3, 0.4) is 0 Å². The maximum Gasteiger partial charge on any atom is 0.312 e. The van der Waals surface area contributed by atoms with E-state index in [1.807, 2.05) is 0 Å². The predicted molar refractivity (Wildman–Crippen MR) is 59.2 cm³/mol. The van der Waals surface area contributed by atoms with Crippen LogP contribution >= 0.6 is 0 Å². The fraction of sp³-hybridized carbons (Fsp3) is 0.333. The molecule has 0 radical (unpaired) electrons. The van der Waals surface area contributed by atoms with E-state index in [0.29, 0.717) is 13.0 Å². The quantitative estimate of drug-likeness (QED) is 0.639. The van der Waals surface area contributed by atoms with Crippen molar-refractivity contribution in [3.05, 3.63) is 28.3 Å². The molecule has 2 rings (SSSR count). The van der Waals surface area contributed by atoms with Crippen molar-refractivity contribution in [2.24, 2.45) is 0 Å². The van der Waals surface area contributed by atoms with E-state index in [9.17, 15) is 23.6 Å². The highest BCUT2D eigenvalue weighted by Crippen LogP contribution is 2.30. The first-order valence-corrected chi connectivity index (χ1v) is 6.50. The van der Waals surface area contributed by atoms with E-state index >= 15 is 0 Å². The highest BCUT2D eigenvalue weighted by atomic mass is 32.2. The zero-order chi connectivity index (χ0) is 13.3. The molecule has 1 saturated heterocycles. The molecule has 1 aromatic rings. The summed E-state index contributed by atoms with van der Waals surface area (Å²) < 4.78 is 24.8. The van der Waals surface area contributed by atoms with E-state index < -0.39 is 26.4 Å². The lowest BCUT2D eigenvalue weighted by Crippen LogP contribution is -2.26. The molecule has 1 fully saturated rings. The van der Waals surface area contributed by atoms with Crippen LogP contribution in [0.2, 0.25) is 0 Å². The third-order valence-electron chi connectivity index (χ3n) is 2.43. The van der Waals surface area contributed by atoms with Crippen LogP contribution in [0, 0.1) is 10.1 Å². The van der Waals surface area contributed by atoms with Gasteiger partial charge in [0.25, 0.3) is 10.0 Å². The lowest BCUT2D eigenvalue weighted by atomic mass is 10.3. The lowest BCUT2D eigenvalue weighted by molar-refractivity contribution is -0.386. The summed E-state index contributed by atoms with van der Waals surface area (Å²) in [5.41, 5.74) is -0.657. The monoisotopic (exact) mass is 274 g/mol. The molecular formula is C9H10N2O6S. The number of phenols is 1. The third-order valence-corrected chi connectivity index (χ3v) is 4.10. The second kappa shape index (κ2) is 4.52. The minimum atomic E-state index is -3.92. The van der Waals surface area contributed by atoms with Crippen LogP contribution in [-0.4, -0.2) is 36.1 Å². The SMILES string of the molecule is O=[N+]([O-])c1cc(S(=O)(=O)N2CCCO2)ccc1O. The smallest absolute Gasteiger partial charge is 0.312 e. The first kappa shape index (κ1) is 12.7. The zero-order valence-electron chi connectivity index (χ0n) is 9.14. The summed E-state index contributed by atoms with van der Waals surface area (Å²) in [7, 11) is -3.92. The average Bonchev–Trinajstić information content (AvgIpc) is 2.82. The van der Waals surface area contributed by atoms with Crippen LogP contribution in [0.4, 0.5) is 5.69 Å². The minimum Gasteiger partial charge on any atom is -0.502 e. The highest BCUT2D eigenvalue weighted by Gasteiger charge is 2.30.